The Morgan fingerprint density at radius 1 is 0.912 bits per heavy atom. The number of nitrogens with zero attached hydrogens (tertiary/aromatic N) is 2. The van der Waals surface area contributed by atoms with Crippen molar-refractivity contribution in [1.29, 1.82) is 0 Å². The monoisotopic (exact) mass is 503 g/mol. The van der Waals surface area contributed by atoms with Gasteiger partial charge in [0.15, 0.2) is 10.9 Å². The maximum Gasteiger partial charge on any atom is 0.321 e. The lowest BCUT2D eigenvalue weighted by atomic mass is 10.2. The lowest BCUT2D eigenvalue weighted by molar-refractivity contribution is 0.0977. The second-order valence-corrected chi connectivity index (χ2v) is 8.64. The highest BCUT2D eigenvalue weighted by Crippen LogP contribution is 2.21. The molecular weight excluding hydrogens is 482 g/mol. The molecule has 0 unspecified atom stereocenters. The Balaban J connectivity index is 1.64. The van der Waals surface area contributed by atoms with E-state index in [-0.39, 0.29) is 27.7 Å². The molecule has 11 nitrogen and oxygen atoms in total. The smallest absolute Gasteiger partial charge is 0.321 e. The van der Waals surface area contributed by atoms with Crippen LogP contribution in [0.15, 0.2) is 59.5 Å². The molecule has 3 N–H and O–H groups in total. The Kier molecular flexibility index (Phi) is 7.81. The maximum atomic E-state index is 12.7. The molecule has 34 heavy (non-hydrogen) atoms. The van der Waals surface area contributed by atoms with Crippen LogP contribution in [0.5, 0.6) is 17.6 Å². The van der Waals surface area contributed by atoms with E-state index in [4.69, 9.17) is 26.4 Å². The summed E-state index contributed by atoms with van der Waals surface area (Å²) in [5, 5.41) is 5.43. The van der Waals surface area contributed by atoms with Gasteiger partial charge in [0.05, 0.1) is 26.2 Å². The molecule has 0 atom stereocenters. The first-order valence-corrected chi connectivity index (χ1v) is 11.5. The number of hydrogen-bond donors (Lipinski definition) is 3. The number of anilines is 2. The van der Waals surface area contributed by atoms with E-state index in [0.29, 0.717) is 17.0 Å². The van der Waals surface area contributed by atoms with Gasteiger partial charge >= 0.3 is 6.01 Å². The van der Waals surface area contributed by atoms with Gasteiger partial charge in [0.1, 0.15) is 5.75 Å². The van der Waals surface area contributed by atoms with E-state index in [1.54, 1.807) is 24.3 Å². The fraction of sp³-hybridized carbons (Fsp3) is 0.143. The van der Waals surface area contributed by atoms with Crippen LogP contribution in [0.1, 0.15) is 10.4 Å². The molecule has 1 aromatic heterocycles. The molecule has 0 bridgehead atoms. The number of methoxy groups -OCH3 is 3. The van der Waals surface area contributed by atoms with Crippen molar-refractivity contribution in [3.05, 3.63) is 60.2 Å². The zero-order valence-electron chi connectivity index (χ0n) is 18.4. The lowest BCUT2D eigenvalue weighted by Crippen LogP contribution is -2.34. The molecule has 3 rings (SSSR count). The summed E-state index contributed by atoms with van der Waals surface area (Å²) < 4.78 is 42.8. The molecule has 1 amide bonds. The van der Waals surface area contributed by atoms with Crippen LogP contribution < -0.4 is 29.6 Å². The Bertz CT molecular complexity index is 1260. The van der Waals surface area contributed by atoms with Crippen LogP contribution in [0.3, 0.4) is 0 Å². The molecule has 0 aliphatic heterocycles. The largest absolute Gasteiger partial charge is 0.497 e. The van der Waals surface area contributed by atoms with Crippen molar-refractivity contribution in [3.8, 4) is 17.6 Å². The number of amides is 1. The standard InChI is InChI=1S/C21H21N5O6S2/c1-30-15-8-4-13(5-9-15)19(27)25-21(33)22-14-6-10-16(11-7-14)34(28,29)26-17-12-18(31-2)24-20(23-17)32-3/h4-12H,1-3H3,(H,23,24,26)(H2,22,25,27,33). The average molecular weight is 504 g/mol. The van der Waals surface area contributed by atoms with Gasteiger partial charge < -0.3 is 19.5 Å². The fourth-order valence-corrected chi connectivity index (χ4v) is 3.85. The van der Waals surface area contributed by atoms with Crippen LogP contribution in [-0.2, 0) is 10.0 Å². The molecule has 1 heterocycles. The van der Waals surface area contributed by atoms with Crippen molar-refractivity contribution in [3.63, 3.8) is 0 Å². The van der Waals surface area contributed by atoms with E-state index >= 15 is 0 Å². The molecule has 2 aromatic carbocycles. The molecular formula is C21H21N5O6S2. The van der Waals surface area contributed by atoms with Gasteiger partial charge in [-0.1, -0.05) is 0 Å². The van der Waals surface area contributed by atoms with Crippen LogP contribution in [0, 0.1) is 0 Å². The van der Waals surface area contributed by atoms with E-state index in [1.807, 2.05) is 0 Å². The third-order valence-electron chi connectivity index (χ3n) is 4.31. The van der Waals surface area contributed by atoms with Gasteiger partial charge in [-0.25, -0.2) is 8.42 Å². The van der Waals surface area contributed by atoms with Crippen LogP contribution >= 0.6 is 12.2 Å². The zero-order chi connectivity index (χ0) is 24.7. The third kappa shape index (κ3) is 6.30. The van der Waals surface area contributed by atoms with Gasteiger partial charge in [0, 0.05) is 17.3 Å². The molecule has 0 spiro atoms. The second kappa shape index (κ2) is 10.8. The molecule has 0 fully saturated rings. The van der Waals surface area contributed by atoms with E-state index < -0.39 is 15.9 Å². The van der Waals surface area contributed by atoms with Crippen molar-refractivity contribution in [2.75, 3.05) is 31.4 Å². The molecule has 13 heteroatoms. The highest BCUT2D eigenvalue weighted by molar-refractivity contribution is 7.92. The SMILES string of the molecule is COc1ccc(C(=O)NC(=S)Nc2ccc(S(=O)(=O)Nc3cc(OC)nc(OC)n3)cc2)cc1. The average Bonchev–Trinajstić information content (AvgIpc) is 2.83. The van der Waals surface area contributed by atoms with Crippen LogP contribution in [0.4, 0.5) is 11.5 Å². The van der Waals surface area contributed by atoms with Crippen molar-refractivity contribution in [1.82, 2.24) is 15.3 Å². The van der Waals surface area contributed by atoms with Crippen LogP contribution in [-0.4, -0.2) is 50.7 Å². The predicted octanol–water partition coefficient (Wildman–Crippen LogP) is 2.43. The quantitative estimate of drug-likeness (QED) is 0.393. The summed E-state index contributed by atoms with van der Waals surface area (Å²) in [6.45, 7) is 0. The Morgan fingerprint density at radius 3 is 2.18 bits per heavy atom. The van der Waals surface area contributed by atoms with Gasteiger partial charge in [-0.15, -0.1) is 0 Å². The van der Waals surface area contributed by atoms with Crippen molar-refractivity contribution >= 4 is 44.8 Å². The summed E-state index contributed by atoms with van der Waals surface area (Å²) >= 11 is 5.16. The van der Waals surface area contributed by atoms with E-state index in [1.165, 1.54) is 51.7 Å². The Hall–Kier alpha value is -3.97. The Labute approximate surface area is 201 Å². The summed E-state index contributed by atoms with van der Waals surface area (Å²) in [5.41, 5.74) is 0.875. The van der Waals surface area contributed by atoms with Crippen LogP contribution in [0.2, 0.25) is 0 Å². The second-order valence-electron chi connectivity index (χ2n) is 6.55. The number of hydrogen-bond acceptors (Lipinski definition) is 9. The molecule has 3 aromatic rings. The number of carbonyl (C=O) groups excluding carboxylic acids is 1. The van der Waals surface area contributed by atoms with E-state index in [0.717, 1.165) is 0 Å². The minimum absolute atomic E-state index is 0.0201. The maximum absolute atomic E-state index is 12.7. The molecule has 178 valence electrons. The number of nitrogens with one attached hydrogen (secondary N) is 3. The van der Waals surface area contributed by atoms with E-state index in [9.17, 15) is 13.2 Å². The molecule has 0 aliphatic rings. The van der Waals surface area contributed by atoms with Gasteiger partial charge in [0.2, 0.25) is 5.88 Å². The third-order valence-corrected chi connectivity index (χ3v) is 5.89. The minimum Gasteiger partial charge on any atom is -0.497 e. The topological polar surface area (TPSA) is 141 Å². The zero-order valence-corrected chi connectivity index (χ0v) is 20.0. The van der Waals surface area contributed by atoms with Gasteiger partial charge in [0.25, 0.3) is 15.9 Å². The molecule has 0 aliphatic carbocycles. The lowest BCUT2D eigenvalue weighted by Gasteiger charge is -2.12. The van der Waals surface area contributed by atoms with E-state index in [2.05, 4.69) is 25.3 Å². The number of ether oxygens (including phenoxy) is 3. The Morgan fingerprint density at radius 2 is 1.59 bits per heavy atom. The van der Waals surface area contributed by atoms with Crippen molar-refractivity contribution in [2.45, 2.75) is 4.90 Å². The predicted molar refractivity (Wildman–Crippen MR) is 129 cm³/mol. The number of sulfonamides is 1. The van der Waals surface area contributed by atoms with Crippen molar-refractivity contribution in [2.24, 2.45) is 0 Å². The first kappa shape index (κ1) is 24.7. The number of rotatable bonds is 8. The number of aromatic nitrogens is 2. The summed E-state index contributed by atoms with van der Waals surface area (Å²) in [7, 11) is 0.306. The summed E-state index contributed by atoms with van der Waals surface area (Å²) in [5.74, 6) is 0.335. The van der Waals surface area contributed by atoms with Gasteiger partial charge in [-0.2, -0.15) is 9.97 Å². The number of benzene rings is 2. The minimum atomic E-state index is -3.96. The number of carbonyl (C=O) groups is 1. The first-order valence-electron chi connectivity index (χ1n) is 9.60. The van der Waals surface area contributed by atoms with Crippen LogP contribution in [0.25, 0.3) is 0 Å². The fourth-order valence-electron chi connectivity index (χ4n) is 2.65. The summed E-state index contributed by atoms with van der Waals surface area (Å²) in [6.07, 6.45) is 0. The van der Waals surface area contributed by atoms with Gasteiger partial charge in [-0.05, 0) is 60.7 Å². The highest BCUT2D eigenvalue weighted by atomic mass is 32.2. The van der Waals surface area contributed by atoms with Crippen molar-refractivity contribution < 1.29 is 27.4 Å². The molecule has 0 saturated heterocycles. The summed E-state index contributed by atoms with van der Waals surface area (Å²) in [4.78, 5) is 20.1. The summed E-state index contributed by atoms with van der Waals surface area (Å²) in [6, 6.07) is 13.5. The van der Waals surface area contributed by atoms with Gasteiger partial charge in [-0.3, -0.25) is 14.8 Å². The molecule has 0 radical (unpaired) electrons. The number of thiocarbonyl (C=S) groups is 1. The highest BCUT2D eigenvalue weighted by Gasteiger charge is 2.17. The first-order chi connectivity index (χ1) is 16.2. The normalized spacial score (nSPS) is 10.7. The molecule has 0 saturated carbocycles.